The Hall–Kier alpha value is -4.49. The fourth-order valence-electron chi connectivity index (χ4n) is 6.14. The van der Waals surface area contributed by atoms with Gasteiger partial charge < -0.3 is 31.7 Å². The van der Waals surface area contributed by atoms with Crippen LogP contribution in [0.25, 0.3) is 0 Å². The molecule has 54 heavy (non-hydrogen) atoms. The molecule has 14 heteroatoms. The average Bonchev–Trinajstić information content (AvgIpc) is 3.36. The Morgan fingerprint density at radius 1 is 0.907 bits per heavy atom. The van der Waals surface area contributed by atoms with Gasteiger partial charge in [0.1, 0.15) is 6.61 Å². The van der Waals surface area contributed by atoms with Gasteiger partial charge in [-0.15, -0.1) is 0 Å². The van der Waals surface area contributed by atoms with Gasteiger partial charge in [0.2, 0.25) is 23.6 Å². The average molecular weight is 757 g/mol. The molecule has 1 heterocycles. The number of nitrogens with one attached hydrogen (secondary N) is 4. The van der Waals surface area contributed by atoms with E-state index >= 15 is 0 Å². The van der Waals surface area contributed by atoms with Gasteiger partial charge >= 0.3 is 12.1 Å². The number of likely N-dealkylation sites (tertiary alicyclic amines) is 1. The second-order valence-electron chi connectivity index (χ2n) is 16.9. The molecule has 1 fully saturated rings. The maximum absolute atomic E-state index is 13.5. The van der Waals surface area contributed by atoms with Crippen molar-refractivity contribution in [3.63, 3.8) is 0 Å². The summed E-state index contributed by atoms with van der Waals surface area (Å²) in [4.78, 5) is 89.7. The first-order valence-electron chi connectivity index (χ1n) is 19.2. The number of Topliss-reactive ketones (excluding diaryl/α,β-unsaturated/α-hetero) is 1. The minimum absolute atomic E-state index is 0.0443. The first-order valence-corrected chi connectivity index (χ1v) is 19.2. The Bertz CT molecular complexity index is 1450. The Morgan fingerprint density at radius 3 is 2.15 bits per heavy atom. The summed E-state index contributed by atoms with van der Waals surface area (Å²) in [6.07, 6.45) is 4.25. The van der Waals surface area contributed by atoms with E-state index in [0.717, 1.165) is 19.3 Å². The largest absolute Gasteiger partial charge is 0.445 e. The molecule has 14 nitrogen and oxygen atoms in total. The second kappa shape index (κ2) is 21.4. The predicted molar refractivity (Wildman–Crippen MR) is 207 cm³/mol. The Kier molecular flexibility index (Phi) is 18.1. The molecule has 0 spiro atoms. The standard InChI is InChI=1S/C40H64N6O8/c1-26(2)34(45-32(48)14-10-9-13-21-46-33(49)23-30(36(46)51)40(6,7)8)31(47)22-28(24-43-37(41)52)35(50)44-29-17-15-27(16-18-29)25-54-38(53)42-20-12-11-19-39(3,4)5/h15-18,26,28,30,34H,9-14,19-25H2,1-8H3,(H,42,53)(H,44,50)(H,45,48)(H3,41,43,52)/t28-,30?,34-/m0/s1. The van der Waals surface area contributed by atoms with E-state index in [1.807, 2.05) is 20.8 Å². The van der Waals surface area contributed by atoms with Crippen LogP contribution in [0.3, 0.4) is 0 Å². The number of alkyl carbamates (subject to hydrolysis) is 1. The molecule has 7 amide bonds. The van der Waals surface area contributed by atoms with Crippen molar-refractivity contribution in [3.05, 3.63) is 29.8 Å². The fraction of sp³-hybridized carbons (Fsp3) is 0.675. The number of nitrogens with zero attached hydrogens (tertiary/aromatic N) is 1. The Morgan fingerprint density at radius 2 is 1.57 bits per heavy atom. The predicted octanol–water partition coefficient (Wildman–Crippen LogP) is 5.43. The van der Waals surface area contributed by atoms with Crippen molar-refractivity contribution >= 4 is 47.2 Å². The van der Waals surface area contributed by atoms with Crippen LogP contribution in [0.5, 0.6) is 0 Å². The lowest BCUT2D eigenvalue weighted by atomic mass is 9.80. The molecule has 0 aliphatic carbocycles. The number of nitrogens with two attached hydrogens (primary N) is 1. The monoisotopic (exact) mass is 756 g/mol. The van der Waals surface area contributed by atoms with E-state index in [1.54, 1.807) is 38.1 Å². The van der Waals surface area contributed by atoms with Crippen LogP contribution in [-0.4, -0.2) is 72.1 Å². The third-order valence-electron chi connectivity index (χ3n) is 9.46. The number of ether oxygens (including phenoxy) is 1. The number of hydrogen-bond donors (Lipinski definition) is 5. The molecule has 6 N–H and O–H groups in total. The molecule has 0 bridgehead atoms. The molecule has 1 saturated heterocycles. The summed E-state index contributed by atoms with van der Waals surface area (Å²) < 4.78 is 5.29. The molecule has 3 atom stereocenters. The van der Waals surface area contributed by atoms with Crippen molar-refractivity contribution in [1.82, 2.24) is 20.9 Å². The minimum Gasteiger partial charge on any atom is -0.445 e. The summed E-state index contributed by atoms with van der Waals surface area (Å²) in [5.41, 5.74) is 6.37. The van der Waals surface area contributed by atoms with Crippen LogP contribution in [0.15, 0.2) is 24.3 Å². The number of carbonyl (C=O) groups excluding carboxylic acids is 7. The number of ketones is 1. The van der Waals surface area contributed by atoms with Crippen molar-refractivity contribution in [2.45, 2.75) is 126 Å². The number of primary amides is 1. The van der Waals surface area contributed by atoms with Gasteiger partial charge in [-0.25, -0.2) is 9.59 Å². The molecule has 1 aliphatic heterocycles. The van der Waals surface area contributed by atoms with Gasteiger partial charge in [-0.2, -0.15) is 0 Å². The lowest BCUT2D eigenvalue weighted by Gasteiger charge is -2.25. The molecular formula is C40H64N6O8. The number of carbonyl (C=O) groups is 7. The van der Waals surface area contributed by atoms with Crippen molar-refractivity contribution in [3.8, 4) is 0 Å². The summed E-state index contributed by atoms with van der Waals surface area (Å²) in [5, 5.41) is 10.7. The molecule has 1 unspecified atom stereocenters. The van der Waals surface area contributed by atoms with Crippen LogP contribution >= 0.6 is 0 Å². The van der Waals surface area contributed by atoms with Crippen LogP contribution in [0.1, 0.15) is 119 Å². The zero-order chi connectivity index (χ0) is 40.6. The molecule has 0 saturated carbocycles. The van der Waals surface area contributed by atoms with E-state index in [1.165, 1.54) is 4.90 Å². The summed E-state index contributed by atoms with van der Waals surface area (Å²) in [6.45, 7) is 16.7. The smallest absolute Gasteiger partial charge is 0.407 e. The van der Waals surface area contributed by atoms with Crippen LogP contribution in [0, 0.1) is 28.6 Å². The van der Waals surface area contributed by atoms with Crippen molar-refractivity contribution in [1.29, 1.82) is 0 Å². The highest BCUT2D eigenvalue weighted by Gasteiger charge is 2.44. The SMILES string of the molecule is CC(C)[C@H](NC(=O)CCCCCN1C(=O)CC(C(C)(C)C)C1=O)C(=O)C[C@@H](CNC(N)=O)C(=O)Nc1ccc(COC(=O)NCCCCC(C)(C)C)cc1. The number of hydrogen-bond acceptors (Lipinski definition) is 8. The molecular weight excluding hydrogens is 692 g/mol. The van der Waals surface area contributed by atoms with E-state index in [9.17, 15) is 33.6 Å². The zero-order valence-corrected chi connectivity index (χ0v) is 33.6. The maximum atomic E-state index is 13.5. The number of imide groups is 1. The van der Waals surface area contributed by atoms with Crippen LogP contribution in [-0.2, 0) is 35.3 Å². The van der Waals surface area contributed by atoms with E-state index in [0.29, 0.717) is 43.6 Å². The Balaban J connectivity index is 1.86. The minimum atomic E-state index is -0.979. The molecule has 1 aliphatic rings. The van der Waals surface area contributed by atoms with E-state index in [4.69, 9.17) is 10.5 Å². The molecule has 1 aromatic rings. The zero-order valence-electron chi connectivity index (χ0n) is 33.6. The second-order valence-corrected chi connectivity index (χ2v) is 16.9. The molecule has 0 aromatic heterocycles. The van der Waals surface area contributed by atoms with E-state index < -0.39 is 30.0 Å². The van der Waals surface area contributed by atoms with Gasteiger partial charge in [0, 0.05) is 44.6 Å². The number of amides is 7. The summed E-state index contributed by atoms with van der Waals surface area (Å²) >= 11 is 0. The summed E-state index contributed by atoms with van der Waals surface area (Å²) in [7, 11) is 0. The number of unbranched alkanes of at least 4 members (excludes halogenated alkanes) is 3. The maximum Gasteiger partial charge on any atom is 0.407 e. The lowest BCUT2D eigenvalue weighted by molar-refractivity contribution is -0.140. The number of anilines is 1. The molecule has 2 rings (SSSR count). The van der Waals surface area contributed by atoms with Crippen LogP contribution < -0.4 is 27.0 Å². The van der Waals surface area contributed by atoms with Gasteiger partial charge in [-0.05, 0) is 60.1 Å². The molecule has 1 aromatic carbocycles. The highest BCUT2D eigenvalue weighted by atomic mass is 16.5. The van der Waals surface area contributed by atoms with Crippen LogP contribution in [0.2, 0.25) is 0 Å². The molecule has 302 valence electrons. The van der Waals surface area contributed by atoms with Gasteiger partial charge in [0.15, 0.2) is 5.78 Å². The fourth-order valence-corrected chi connectivity index (χ4v) is 6.14. The first kappa shape index (κ1) is 45.7. The third kappa shape index (κ3) is 16.7. The normalized spacial score (nSPS) is 15.8. The summed E-state index contributed by atoms with van der Waals surface area (Å²) in [6, 6.07) is 4.97. The topological polar surface area (TPSA) is 206 Å². The molecule has 0 radical (unpaired) electrons. The van der Waals surface area contributed by atoms with Gasteiger partial charge in [0.05, 0.1) is 17.9 Å². The van der Waals surface area contributed by atoms with Crippen LogP contribution in [0.4, 0.5) is 15.3 Å². The van der Waals surface area contributed by atoms with Crippen molar-refractivity contribution in [2.24, 2.45) is 34.3 Å². The van der Waals surface area contributed by atoms with Crippen molar-refractivity contribution < 1.29 is 38.3 Å². The highest BCUT2D eigenvalue weighted by Crippen LogP contribution is 2.35. The number of rotatable bonds is 21. The number of urea groups is 1. The van der Waals surface area contributed by atoms with Gasteiger partial charge in [0.25, 0.3) is 0 Å². The van der Waals surface area contributed by atoms with Crippen molar-refractivity contribution in [2.75, 3.05) is 25.0 Å². The van der Waals surface area contributed by atoms with Gasteiger partial charge in [-0.3, -0.25) is 28.9 Å². The van der Waals surface area contributed by atoms with E-state index in [2.05, 4.69) is 42.0 Å². The Labute approximate surface area is 320 Å². The van der Waals surface area contributed by atoms with E-state index in [-0.39, 0.29) is 78.6 Å². The third-order valence-corrected chi connectivity index (χ3v) is 9.46. The number of benzene rings is 1. The first-order chi connectivity index (χ1) is 25.2. The quantitative estimate of drug-likeness (QED) is 0.0805. The summed E-state index contributed by atoms with van der Waals surface area (Å²) in [5.74, 6) is -3.09. The van der Waals surface area contributed by atoms with Gasteiger partial charge in [-0.1, -0.05) is 80.4 Å². The highest BCUT2D eigenvalue weighted by molar-refractivity contribution is 6.04. The lowest BCUT2D eigenvalue weighted by Crippen LogP contribution is -2.47.